The number of pyridine rings is 1. The summed E-state index contributed by atoms with van der Waals surface area (Å²) in [5.41, 5.74) is 1.51. The summed E-state index contributed by atoms with van der Waals surface area (Å²) in [5, 5.41) is 13.8. The highest BCUT2D eigenvalue weighted by molar-refractivity contribution is 5.83. The maximum atomic E-state index is 12.8. The Hall–Kier alpha value is -3.66. The lowest BCUT2D eigenvalue weighted by molar-refractivity contribution is 0.892. The van der Waals surface area contributed by atoms with Crippen LogP contribution in [0.1, 0.15) is 11.3 Å². The summed E-state index contributed by atoms with van der Waals surface area (Å²) in [6, 6.07) is 11.0. The third-order valence-electron chi connectivity index (χ3n) is 4.00. The van der Waals surface area contributed by atoms with Crippen LogP contribution >= 0.6 is 0 Å². The Bertz CT molecular complexity index is 1270. The first-order valence-corrected chi connectivity index (χ1v) is 7.23. The largest absolute Gasteiger partial charge is 0.342 e. The molecule has 1 aromatic carbocycles. The van der Waals surface area contributed by atoms with Gasteiger partial charge in [0.1, 0.15) is 11.6 Å². The molecule has 116 valence electrons. The molecule has 3 heterocycles. The second-order valence-electron chi connectivity index (χ2n) is 5.46. The third-order valence-corrected chi connectivity index (χ3v) is 4.00. The smallest absolute Gasteiger partial charge is 0.282 e. The molecule has 0 fully saturated rings. The van der Waals surface area contributed by atoms with Crippen molar-refractivity contribution in [3.63, 3.8) is 0 Å². The summed E-state index contributed by atoms with van der Waals surface area (Å²) in [5.74, 6) is 0. The standard InChI is InChI=1S/C17H11N5O2/c1-9-14(17(24)22-15(20-9)11(7-18)8-19-22)12-6-10-4-2-3-5-13(10)21-16(12)23/h2-6,8,20H,1H3,(H,21,23). The minimum atomic E-state index is -0.441. The first-order chi connectivity index (χ1) is 11.6. The van der Waals surface area contributed by atoms with Gasteiger partial charge in [0.15, 0.2) is 5.65 Å². The normalized spacial score (nSPS) is 11.0. The zero-order chi connectivity index (χ0) is 16.8. The van der Waals surface area contributed by atoms with E-state index in [-0.39, 0.29) is 22.2 Å². The van der Waals surface area contributed by atoms with Gasteiger partial charge in [-0.2, -0.15) is 14.9 Å². The number of aromatic amines is 2. The molecule has 0 aliphatic heterocycles. The summed E-state index contributed by atoms with van der Waals surface area (Å²) >= 11 is 0. The fourth-order valence-corrected chi connectivity index (χ4v) is 2.86. The van der Waals surface area contributed by atoms with Crippen molar-refractivity contribution in [1.82, 2.24) is 19.6 Å². The maximum Gasteiger partial charge on any atom is 0.282 e. The van der Waals surface area contributed by atoms with E-state index < -0.39 is 5.56 Å². The number of para-hydroxylation sites is 1. The number of rotatable bonds is 1. The minimum absolute atomic E-state index is 0.238. The summed E-state index contributed by atoms with van der Waals surface area (Å²) < 4.78 is 1.11. The number of nitrogens with zero attached hydrogens (tertiary/aromatic N) is 3. The lowest BCUT2D eigenvalue weighted by Crippen LogP contribution is -2.22. The van der Waals surface area contributed by atoms with Gasteiger partial charge in [-0.25, -0.2) is 0 Å². The number of hydrogen-bond donors (Lipinski definition) is 2. The van der Waals surface area contributed by atoms with Crippen LogP contribution in [-0.2, 0) is 0 Å². The Balaban J connectivity index is 2.11. The van der Waals surface area contributed by atoms with E-state index in [0.29, 0.717) is 16.9 Å². The molecule has 0 saturated carbocycles. The van der Waals surface area contributed by atoms with E-state index in [1.165, 1.54) is 6.20 Å². The minimum Gasteiger partial charge on any atom is -0.342 e. The van der Waals surface area contributed by atoms with Gasteiger partial charge < -0.3 is 9.97 Å². The fraction of sp³-hybridized carbons (Fsp3) is 0.0588. The first kappa shape index (κ1) is 14.0. The van der Waals surface area contributed by atoms with Crippen molar-refractivity contribution < 1.29 is 0 Å². The van der Waals surface area contributed by atoms with Crippen LogP contribution in [0.4, 0.5) is 0 Å². The highest BCUT2D eigenvalue weighted by Crippen LogP contribution is 2.20. The number of nitrogens with one attached hydrogen (secondary N) is 2. The average Bonchev–Trinajstić information content (AvgIpc) is 2.98. The fourth-order valence-electron chi connectivity index (χ4n) is 2.86. The summed E-state index contributed by atoms with van der Waals surface area (Å²) in [4.78, 5) is 31.0. The Morgan fingerprint density at radius 3 is 2.79 bits per heavy atom. The van der Waals surface area contributed by atoms with Crippen molar-refractivity contribution >= 4 is 16.6 Å². The molecule has 3 aromatic heterocycles. The molecule has 0 atom stereocenters. The molecule has 4 aromatic rings. The maximum absolute atomic E-state index is 12.8. The Morgan fingerprint density at radius 1 is 1.21 bits per heavy atom. The molecule has 24 heavy (non-hydrogen) atoms. The number of hydrogen-bond acceptors (Lipinski definition) is 4. The molecule has 4 rings (SSSR count). The van der Waals surface area contributed by atoms with Crippen LogP contribution in [-0.4, -0.2) is 19.6 Å². The third kappa shape index (κ3) is 1.87. The SMILES string of the molecule is Cc1[nH]c2c(C#N)cnn2c(=O)c1-c1cc2ccccc2[nH]c1=O. The molecule has 2 N–H and O–H groups in total. The first-order valence-electron chi connectivity index (χ1n) is 7.23. The second kappa shape index (κ2) is 4.93. The van der Waals surface area contributed by atoms with Crippen LogP contribution in [0.3, 0.4) is 0 Å². The number of H-pyrrole nitrogens is 2. The number of nitriles is 1. The van der Waals surface area contributed by atoms with Gasteiger partial charge in [0.05, 0.1) is 17.3 Å². The van der Waals surface area contributed by atoms with Crippen LogP contribution in [0.5, 0.6) is 0 Å². The average molecular weight is 317 g/mol. The van der Waals surface area contributed by atoms with Crippen molar-refractivity contribution in [3.05, 3.63) is 68.5 Å². The van der Waals surface area contributed by atoms with Crippen LogP contribution in [0.25, 0.3) is 27.7 Å². The van der Waals surface area contributed by atoms with E-state index >= 15 is 0 Å². The van der Waals surface area contributed by atoms with Gasteiger partial charge in [-0.05, 0) is 24.4 Å². The molecule has 0 aliphatic rings. The summed E-state index contributed by atoms with van der Waals surface area (Å²) in [6.45, 7) is 1.69. The van der Waals surface area contributed by atoms with Crippen molar-refractivity contribution in [2.75, 3.05) is 0 Å². The monoisotopic (exact) mass is 317 g/mol. The molecule has 0 radical (unpaired) electrons. The van der Waals surface area contributed by atoms with Crippen molar-refractivity contribution in [3.8, 4) is 17.2 Å². The van der Waals surface area contributed by atoms with Crippen molar-refractivity contribution in [2.24, 2.45) is 0 Å². The summed E-state index contributed by atoms with van der Waals surface area (Å²) in [6.07, 6.45) is 1.32. The molecule has 0 spiro atoms. The van der Waals surface area contributed by atoms with E-state index in [1.807, 2.05) is 24.3 Å². The molecular weight excluding hydrogens is 306 g/mol. The van der Waals surface area contributed by atoms with E-state index in [4.69, 9.17) is 5.26 Å². The lowest BCUT2D eigenvalue weighted by Gasteiger charge is -2.07. The number of aromatic nitrogens is 4. The van der Waals surface area contributed by atoms with Crippen LogP contribution < -0.4 is 11.1 Å². The van der Waals surface area contributed by atoms with Gasteiger partial charge in [-0.1, -0.05) is 18.2 Å². The molecular formula is C17H11N5O2. The van der Waals surface area contributed by atoms with Gasteiger partial charge in [-0.15, -0.1) is 0 Å². The predicted molar refractivity (Wildman–Crippen MR) is 88.8 cm³/mol. The number of fused-ring (bicyclic) bond motifs is 2. The molecule has 0 unspecified atom stereocenters. The van der Waals surface area contributed by atoms with E-state index in [2.05, 4.69) is 15.1 Å². The predicted octanol–water partition coefficient (Wildman–Crippen LogP) is 1.71. The van der Waals surface area contributed by atoms with Crippen molar-refractivity contribution in [2.45, 2.75) is 6.92 Å². The topological polar surface area (TPSA) is 107 Å². The Labute approximate surface area is 134 Å². The highest BCUT2D eigenvalue weighted by Gasteiger charge is 2.17. The number of aryl methyl sites for hydroxylation is 1. The summed E-state index contributed by atoms with van der Waals surface area (Å²) in [7, 11) is 0. The lowest BCUT2D eigenvalue weighted by atomic mass is 10.1. The molecule has 7 nitrogen and oxygen atoms in total. The zero-order valence-electron chi connectivity index (χ0n) is 12.6. The van der Waals surface area contributed by atoms with Gasteiger partial charge in [0.2, 0.25) is 0 Å². The molecule has 0 bridgehead atoms. The highest BCUT2D eigenvalue weighted by atomic mass is 16.1. The Morgan fingerprint density at radius 2 is 2.00 bits per heavy atom. The van der Waals surface area contributed by atoms with E-state index in [0.717, 1.165) is 9.90 Å². The van der Waals surface area contributed by atoms with Crippen LogP contribution in [0, 0.1) is 18.3 Å². The molecule has 0 saturated heterocycles. The number of benzene rings is 1. The second-order valence-corrected chi connectivity index (χ2v) is 5.46. The molecule has 0 aliphatic carbocycles. The zero-order valence-corrected chi connectivity index (χ0v) is 12.6. The molecule has 0 amide bonds. The van der Waals surface area contributed by atoms with Crippen molar-refractivity contribution in [1.29, 1.82) is 5.26 Å². The van der Waals surface area contributed by atoms with Gasteiger partial charge in [0.25, 0.3) is 11.1 Å². The van der Waals surface area contributed by atoms with Crippen LogP contribution in [0.2, 0.25) is 0 Å². The van der Waals surface area contributed by atoms with Crippen LogP contribution in [0.15, 0.2) is 46.1 Å². The van der Waals surface area contributed by atoms with Gasteiger partial charge >= 0.3 is 0 Å². The molecule has 7 heteroatoms. The van der Waals surface area contributed by atoms with Gasteiger partial charge in [-0.3, -0.25) is 9.59 Å². The quantitative estimate of drug-likeness (QED) is 0.557. The Kier molecular flexibility index (Phi) is 2.87. The van der Waals surface area contributed by atoms with Gasteiger partial charge in [0, 0.05) is 11.2 Å². The van der Waals surface area contributed by atoms with E-state index in [1.54, 1.807) is 19.1 Å². The van der Waals surface area contributed by atoms with E-state index in [9.17, 15) is 9.59 Å².